The molecule has 22 heavy (non-hydrogen) atoms. The molecule has 0 amide bonds. The number of hydrogen-bond acceptors (Lipinski definition) is 4. The van der Waals surface area contributed by atoms with Gasteiger partial charge in [-0.1, -0.05) is 38.3 Å². The summed E-state index contributed by atoms with van der Waals surface area (Å²) in [6.07, 6.45) is 10.8. The number of allylic oxidation sites excluding steroid dienone is 1. The summed E-state index contributed by atoms with van der Waals surface area (Å²) in [5.41, 5.74) is -0.952. The highest BCUT2D eigenvalue weighted by molar-refractivity contribution is 5.70. The van der Waals surface area contributed by atoms with Crippen molar-refractivity contribution < 1.29 is 19.7 Å². The molecule has 0 radical (unpaired) electrons. The zero-order valence-corrected chi connectivity index (χ0v) is 14.1. The van der Waals surface area contributed by atoms with Crippen LogP contribution in [0.2, 0.25) is 0 Å². The van der Waals surface area contributed by atoms with Crippen LogP contribution in [-0.2, 0) is 9.53 Å². The number of rotatable bonds is 9. The van der Waals surface area contributed by atoms with E-state index < -0.39 is 11.7 Å². The molecule has 0 saturated heterocycles. The molecule has 1 unspecified atom stereocenters. The highest BCUT2D eigenvalue weighted by Crippen LogP contribution is 2.35. The second-order valence-electron chi connectivity index (χ2n) is 6.51. The van der Waals surface area contributed by atoms with Crippen LogP contribution in [0.4, 0.5) is 0 Å². The van der Waals surface area contributed by atoms with E-state index in [9.17, 15) is 15.0 Å². The minimum Gasteiger partial charge on any atom is -0.466 e. The predicted octanol–water partition coefficient (Wildman–Crippen LogP) is 3.36. The number of carbonyl (C=O) groups excluding carboxylic acids is 1. The van der Waals surface area contributed by atoms with Gasteiger partial charge in [-0.3, -0.25) is 4.79 Å². The molecule has 2 N–H and O–H groups in total. The van der Waals surface area contributed by atoms with Gasteiger partial charge < -0.3 is 14.9 Å². The second-order valence-corrected chi connectivity index (χ2v) is 6.51. The molecule has 0 spiro atoms. The topological polar surface area (TPSA) is 66.8 Å². The third-order valence-corrected chi connectivity index (χ3v) is 4.35. The van der Waals surface area contributed by atoms with E-state index in [1.165, 1.54) is 0 Å². The van der Waals surface area contributed by atoms with Crippen LogP contribution in [-0.4, -0.2) is 34.5 Å². The van der Waals surface area contributed by atoms with E-state index in [0.29, 0.717) is 19.4 Å². The molecule has 1 aliphatic rings. The van der Waals surface area contributed by atoms with E-state index in [0.717, 1.165) is 38.5 Å². The maximum absolute atomic E-state index is 11.6. The lowest BCUT2D eigenvalue weighted by Crippen LogP contribution is -2.37. The van der Waals surface area contributed by atoms with Gasteiger partial charge in [-0.25, -0.2) is 0 Å². The smallest absolute Gasteiger partial charge is 0.308 e. The largest absolute Gasteiger partial charge is 0.466 e. The Kier molecular flexibility index (Phi) is 8.72. The lowest BCUT2D eigenvalue weighted by molar-refractivity contribution is -0.150. The number of hydrogen-bond donors (Lipinski definition) is 2. The summed E-state index contributed by atoms with van der Waals surface area (Å²) in [7, 11) is 0. The van der Waals surface area contributed by atoms with Crippen molar-refractivity contribution in [3.63, 3.8) is 0 Å². The van der Waals surface area contributed by atoms with E-state index in [2.05, 4.69) is 6.92 Å². The van der Waals surface area contributed by atoms with E-state index in [1.807, 2.05) is 12.2 Å². The standard InChI is InChI=1S/C18H32O4/c1-3-5-6-9-16(19)11-10-15-8-7-12-18(21,13-15)14-17(20)22-4-2/h10-11,15-16,19,21H,3-9,12-14H2,1-2H3/t15-,16?,18-/m1/s1. The molecule has 0 aromatic heterocycles. The van der Waals surface area contributed by atoms with Crippen molar-refractivity contribution in [2.75, 3.05) is 6.61 Å². The first-order chi connectivity index (χ1) is 10.5. The van der Waals surface area contributed by atoms with Crippen LogP contribution in [0, 0.1) is 5.92 Å². The summed E-state index contributed by atoms with van der Waals surface area (Å²) < 4.78 is 4.94. The highest BCUT2D eigenvalue weighted by Gasteiger charge is 2.35. The molecule has 0 aromatic rings. The lowest BCUT2D eigenvalue weighted by atomic mass is 9.76. The Balaban J connectivity index is 2.43. The van der Waals surface area contributed by atoms with Crippen LogP contribution < -0.4 is 0 Å². The second kappa shape index (κ2) is 10.0. The first kappa shape index (κ1) is 19.2. The van der Waals surface area contributed by atoms with Crippen LogP contribution in [0.25, 0.3) is 0 Å². The summed E-state index contributed by atoms with van der Waals surface area (Å²) in [5, 5.41) is 20.5. The summed E-state index contributed by atoms with van der Waals surface area (Å²) in [5.74, 6) is -0.0942. The Morgan fingerprint density at radius 1 is 1.41 bits per heavy atom. The third kappa shape index (κ3) is 7.41. The molecule has 1 rings (SSSR count). The van der Waals surface area contributed by atoms with Crippen molar-refractivity contribution in [2.24, 2.45) is 5.92 Å². The van der Waals surface area contributed by atoms with Crippen molar-refractivity contribution in [3.05, 3.63) is 12.2 Å². The predicted molar refractivity (Wildman–Crippen MR) is 87.4 cm³/mol. The van der Waals surface area contributed by atoms with Crippen molar-refractivity contribution in [1.29, 1.82) is 0 Å². The Morgan fingerprint density at radius 3 is 2.86 bits per heavy atom. The van der Waals surface area contributed by atoms with Gasteiger partial charge in [0.25, 0.3) is 0 Å². The van der Waals surface area contributed by atoms with E-state index in [-0.39, 0.29) is 18.3 Å². The van der Waals surface area contributed by atoms with Crippen molar-refractivity contribution in [3.8, 4) is 0 Å². The van der Waals surface area contributed by atoms with Crippen molar-refractivity contribution in [1.82, 2.24) is 0 Å². The fourth-order valence-corrected chi connectivity index (χ4v) is 3.18. The van der Waals surface area contributed by atoms with E-state index in [4.69, 9.17) is 4.74 Å². The first-order valence-electron chi connectivity index (χ1n) is 8.73. The normalized spacial score (nSPS) is 27.0. The quantitative estimate of drug-likeness (QED) is 0.389. The van der Waals surface area contributed by atoms with Gasteiger partial charge in [-0.05, 0) is 44.9 Å². The maximum atomic E-state index is 11.6. The summed E-state index contributed by atoms with van der Waals surface area (Å²) >= 11 is 0. The molecule has 128 valence electrons. The van der Waals surface area contributed by atoms with Crippen LogP contribution in [0.1, 0.15) is 71.6 Å². The summed E-state index contributed by atoms with van der Waals surface area (Å²) in [4.78, 5) is 11.6. The lowest BCUT2D eigenvalue weighted by Gasteiger charge is -2.35. The number of aliphatic hydroxyl groups is 2. The third-order valence-electron chi connectivity index (χ3n) is 4.35. The Bertz CT molecular complexity index is 353. The van der Waals surface area contributed by atoms with Gasteiger partial charge in [0.05, 0.1) is 24.7 Å². The molecule has 0 aliphatic heterocycles. The zero-order chi connectivity index (χ0) is 16.4. The molecular weight excluding hydrogens is 280 g/mol. The van der Waals surface area contributed by atoms with Crippen molar-refractivity contribution >= 4 is 5.97 Å². The number of esters is 1. The number of carbonyl (C=O) groups is 1. The van der Waals surface area contributed by atoms with Gasteiger partial charge in [0.15, 0.2) is 0 Å². The summed E-state index contributed by atoms with van der Waals surface area (Å²) in [6, 6.07) is 0. The molecule has 1 saturated carbocycles. The molecule has 0 heterocycles. The SMILES string of the molecule is CCCCCC(O)C=C[C@H]1CCC[C@](O)(CC(=O)OCC)C1. The Hall–Kier alpha value is -0.870. The number of aliphatic hydroxyl groups excluding tert-OH is 1. The van der Waals surface area contributed by atoms with Crippen molar-refractivity contribution in [2.45, 2.75) is 83.3 Å². The molecule has 0 bridgehead atoms. The average Bonchev–Trinajstić information content (AvgIpc) is 2.45. The Morgan fingerprint density at radius 2 is 2.18 bits per heavy atom. The highest BCUT2D eigenvalue weighted by atomic mass is 16.5. The maximum Gasteiger partial charge on any atom is 0.308 e. The molecule has 0 aromatic carbocycles. The molecule has 1 aliphatic carbocycles. The zero-order valence-electron chi connectivity index (χ0n) is 14.1. The van der Waals surface area contributed by atoms with Gasteiger partial charge in [-0.2, -0.15) is 0 Å². The number of unbranched alkanes of at least 4 members (excludes halogenated alkanes) is 2. The number of ether oxygens (including phenoxy) is 1. The van der Waals surface area contributed by atoms with E-state index >= 15 is 0 Å². The van der Waals surface area contributed by atoms with Crippen LogP contribution in [0.5, 0.6) is 0 Å². The van der Waals surface area contributed by atoms with Gasteiger partial charge in [0.1, 0.15) is 0 Å². The van der Waals surface area contributed by atoms with Gasteiger partial charge >= 0.3 is 5.97 Å². The molecule has 1 fully saturated rings. The molecule has 4 heteroatoms. The fraction of sp³-hybridized carbons (Fsp3) is 0.833. The molecule has 3 atom stereocenters. The van der Waals surface area contributed by atoms with Crippen LogP contribution in [0.3, 0.4) is 0 Å². The molecule has 4 nitrogen and oxygen atoms in total. The van der Waals surface area contributed by atoms with E-state index in [1.54, 1.807) is 6.92 Å². The van der Waals surface area contributed by atoms with Gasteiger partial charge in [0.2, 0.25) is 0 Å². The fourth-order valence-electron chi connectivity index (χ4n) is 3.18. The Labute approximate surface area is 134 Å². The molecular formula is C18H32O4. The van der Waals surface area contributed by atoms with Crippen LogP contribution >= 0.6 is 0 Å². The van der Waals surface area contributed by atoms with Gasteiger partial charge in [-0.15, -0.1) is 0 Å². The van der Waals surface area contributed by atoms with Crippen LogP contribution in [0.15, 0.2) is 12.2 Å². The minimum absolute atomic E-state index is 0.0736. The van der Waals surface area contributed by atoms with Gasteiger partial charge in [0, 0.05) is 0 Å². The monoisotopic (exact) mass is 312 g/mol. The first-order valence-corrected chi connectivity index (χ1v) is 8.73. The minimum atomic E-state index is -0.952. The summed E-state index contributed by atoms with van der Waals surface area (Å²) in [6.45, 7) is 4.27. The average molecular weight is 312 g/mol.